The lowest BCUT2D eigenvalue weighted by Crippen LogP contribution is -2.31. The van der Waals surface area contributed by atoms with Gasteiger partial charge in [-0.15, -0.1) is 0 Å². The first-order valence-electron chi connectivity index (χ1n) is 6.18. The number of benzene rings is 1. The summed E-state index contributed by atoms with van der Waals surface area (Å²) in [5.41, 5.74) is 1.27. The molecule has 0 amide bonds. The lowest BCUT2D eigenvalue weighted by Gasteiger charge is -2.13. The fraction of sp³-hybridized carbons (Fsp3) is 0.571. The van der Waals surface area contributed by atoms with Gasteiger partial charge in [-0.3, -0.25) is 0 Å². The van der Waals surface area contributed by atoms with E-state index in [2.05, 4.69) is 31.3 Å². The number of rotatable bonds is 6. The molecule has 1 N–H and O–H groups in total. The molecule has 88 valence electrons. The summed E-state index contributed by atoms with van der Waals surface area (Å²) in [6, 6.07) is 8.87. The average molecular weight is 219 g/mol. The Kier molecular flexibility index (Phi) is 3.83. The van der Waals surface area contributed by atoms with E-state index in [1.807, 2.05) is 12.1 Å². The highest BCUT2D eigenvalue weighted by atomic mass is 16.5. The summed E-state index contributed by atoms with van der Waals surface area (Å²) in [4.78, 5) is 0. The zero-order valence-electron chi connectivity index (χ0n) is 10.2. The Labute approximate surface area is 98.0 Å². The van der Waals surface area contributed by atoms with E-state index in [0.717, 1.165) is 24.8 Å². The summed E-state index contributed by atoms with van der Waals surface area (Å²) in [6.07, 6.45) is 2.79. The van der Waals surface area contributed by atoms with E-state index in [0.29, 0.717) is 6.04 Å². The van der Waals surface area contributed by atoms with Gasteiger partial charge in [-0.25, -0.2) is 0 Å². The third kappa shape index (κ3) is 3.53. The predicted octanol–water partition coefficient (Wildman–Crippen LogP) is 2.76. The van der Waals surface area contributed by atoms with E-state index in [1.165, 1.54) is 18.4 Å². The fourth-order valence-electron chi connectivity index (χ4n) is 1.85. The average Bonchev–Trinajstić information content (AvgIpc) is 3.10. The van der Waals surface area contributed by atoms with Crippen molar-refractivity contribution in [2.75, 3.05) is 13.2 Å². The van der Waals surface area contributed by atoms with Gasteiger partial charge in [-0.1, -0.05) is 17.7 Å². The molecule has 0 aliphatic heterocycles. The Hall–Kier alpha value is -1.02. The van der Waals surface area contributed by atoms with Crippen LogP contribution in [0.2, 0.25) is 0 Å². The number of nitrogens with one attached hydrogen (secondary N) is 1. The maximum atomic E-state index is 5.65. The van der Waals surface area contributed by atoms with Crippen LogP contribution in [0, 0.1) is 12.8 Å². The molecule has 1 atom stereocenters. The Morgan fingerprint density at radius 3 is 2.62 bits per heavy atom. The molecule has 2 nitrogen and oxygen atoms in total. The van der Waals surface area contributed by atoms with Crippen LogP contribution in [-0.2, 0) is 0 Å². The highest BCUT2D eigenvalue weighted by molar-refractivity contribution is 5.26. The van der Waals surface area contributed by atoms with Gasteiger partial charge < -0.3 is 10.1 Å². The zero-order valence-corrected chi connectivity index (χ0v) is 10.2. The summed E-state index contributed by atoms with van der Waals surface area (Å²) in [5.74, 6) is 1.88. The summed E-state index contributed by atoms with van der Waals surface area (Å²) >= 11 is 0. The topological polar surface area (TPSA) is 21.3 Å². The molecule has 0 heterocycles. The second-order valence-electron chi connectivity index (χ2n) is 4.74. The number of hydrogen-bond acceptors (Lipinski definition) is 2. The van der Waals surface area contributed by atoms with Gasteiger partial charge in [0.2, 0.25) is 0 Å². The van der Waals surface area contributed by atoms with Crippen molar-refractivity contribution in [3.63, 3.8) is 0 Å². The minimum atomic E-state index is 0.654. The molecule has 1 unspecified atom stereocenters. The summed E-state index contributed by atoms with van der Waals surface area (Å²) in [5, 5.41) is 3.50. The van der Waals surface area contributed by atoms with Crippen molar-refractivity contribution in [2.45, 2.75) is 32.7 Å². The van der Waals surface area contributed by atoms with Crippen LogP contribution in [0.25, 0.3) is 0 Å². The van der Waals surface area contributed by atoms with Crippen molar-refractivity contribution in [1.29, 1.82) is 0 Å². The van der Waals surface area contributed by atoms with Crippen molar-refractivity contribution >= 4 is 0 Å². The molecule has 0 aromatic heterocycles. The Morgan fingerprint density at radius 1 is 1.31 bits per heavy atom. The highest BCUT2D eigenvalue weighted by Gasteiger charge is 2.27. The van der Waals surface area contributed by atoms with E-state index >= 15 is 0 Å². The normalized spacial score (nSPS) is 17.1. The number of aryl methyl sites for hydroxylation is 1. The maximum absolute atomic E-state index is 5.65. The molecular formula is C14H21NO. The van der Waals surface area contributed by atoms with E-state index in [4.69, 9.17) is 4.74 Å². The van der Waals surface area contributed by atoms with Crippen LogP contribution < -0.4 is 10.1 Å². The second-order valence-corrected chi connectivity index (χ2v) is 4.74. The van der Waals surface area contributed by atoms with Crippen LogP contribution in [0.1, 0.15) is 25.3 Å². The van der Waals surface area contributed by atoms with E-state index in [9.17, 15) is 0 Å². The molecule has 2 heteroatoms. The lowest BCUT2D eigenvalue weighted by atomic mass is 10.2. The number of ether oxygens (including phenoxy) is 1. The van der Waals surface area contributed by atoms with Crippen LogP contribution in [0.5, 0.6) is 5.75 Å². The van der Waals surface area contributed by atoms with Gasteiger partial charge in [0.25, 0.3) is 0 Å². The third-order valence-corrected chi connectivity index (χ3v) is 3.19. The van der Waals surface area contributed by atoms with Crippen LogP contribution in [0.15, 0.2) is 24.3 Å². The van der Waals surface area contributed by atoms with Gasteiger partial charge in [0, 0.05) is 12.6 Å². The predicted molar refractivity (Wildman–Crippen MR) is 66.9 cm³/mol. The van der Waals surface area contributed by atoms with E-state index in [-0.39, 0.29) is 0 Å². The molecule has 1 aromatic carbocycles. The van der Waals surface area contributed by atoms with Crippen LogP contribution in [-0.4, -0.2) is 19.2 Å². The minimum Gasteiger partial charge on any atom is -0.492 e. The Balaban J connectivity index is 1.62. The Morgan fingerprint density at radius 2 is 2.00 bits per heavy atom. The van der Waals surface area contributed by atoms with Crippen LogP contribution in [0.3, 0.4) is 0 Å². The molecule has 2 rings (SSSR count). The van der Waals surface area contributed by atoms with Crippen LogP contribution in [0.4, 0.5) is 0 Å². The molecule has 0 bridgehead atoms. The number of hydrogen-bond donors (Lipinski definition) is 1. The molecule has 1 fully saturated rings. The van der Waals surface area contributed by atoms with Crippen LogP contribution >= 0.6 is 0 Å². The third-order valence-electron chi connectivity index (χ3n) is 3.19. The monoisotopic (exact) mass is 219 g/mol. The van der Waals surface area contributed by atoms with Gasteiger partial charge in [0.15, 0.2) is 0 Å². The summed E-state index contributed by atoms with van der Waals surface area (Å²) < 4.78 is 5.65. The van der Waals surface area contributed by atoms with Crippen molar-refractivity contribution in [3.8, 4) is 5.75 Å². The van der Waals surface area contributed by atoms with E-state index < -0.39 is 0 Å². The molecule has 0 spiro atoms. The second kappa shape index (κ2) is 5.35. The Bertz CT molecular complexity index is 316. The van der Waals surface area contributed by atoms with Gasteiger partial charge in [0.1, 0.15) is 12.4 Å². The van der Waals surface area contributed by atoms with Crippen molar-refractivity contribution in [1.82, 2.24) is 5.32 Å². The van der Waals surface area contributed by atoms with Crippen molar-refractivity contribution in [3.05, 3.63) is 29.8 Å². The quantitative estimate of drug-likeness (QED) is 0.743. The standard InChI is InChI=1S/C14H21NO/c1-11-3-7-14(8-4-11)16-10-9-15-12(2)13-5-6-13/h3-4,7-8,12-13,15H,5-6,9-10H2,1-2H3. The summed E-state index contributed by atoms with van der Waals surface area (Å²) in [7, 11) is 0. The molecular weight excluding hydrogens is 198 g/mol. The molecule has 0 saturated heterocycles. The molecule has 1 aliphatic rings. The lowest BCUT2D eigenvalue weighted by molar-refractivity contribution is 0.303. The van der Waals surface area contributed by atoms with E-state index in [1.54, 1.807) is 0 Å². The SMILES string of the molecule is Cc1ccc(OCCNC(C)C2CC2)cc1. The zero-order chi connectivity index (χ0) is 11.4. The molecule has 1 aromatic rings. The molecule has 1 saturated carbocycles. The van der Waals surface area contributed by atoms with Gasteiger partial charge in [-0.2, -0.15) is 0 Å². The maximum Gasteiger partial charge on any atom is 0.119 e. The first-order chi connectivity index (χ1) is 7.75. The largest absolute Gasteiger partial charge is 0.492 e. The van der Waals surface area contributed by atoms with Gasteiger partial charge in [0.05, 0.1) is 0 Å². The first-order valence-corrected chi connectivity index (χ1v) is 6.18. The molecule has 16 heavy (non-hydrogen) atoms. The fourth-order valence-corrected chi connectivity index (χ4v) is 1.85. The minimum absolute atomic E-state index is 0.654. The van der Waals surface area contributed by atoms with Crippen molar-refractivity contribution < 1.29 is 4.74 Å². The first kappa shape index (κ1) is 11.5. The molecule has 0 radical (unpaired) electrons. The van der Waals surface area contributed by atoms with Crippen molar-refractivity contribution in [2.24, 2.45) is 5.92 Å². The van der Waals surface area contributed by atoms with Gasteiger partial charge >= 0.3 is 0 Å². The smallest absolute Gasteiger partial charge is 0.119 e. The van der Waals surface area contributed by atoms with Gasteiger partial charge in [-0.05, 0) is 44.7 Å². The molecule has 1 aliphatic carbocycles. The summed E-state index contributed by atoms with van der Waals surface area (Å²) in [6.45, 7) is 6.04. The highest BCUT2D eigenvalue weighted by Crippen LogP contribution is 2.32.